The van der Waals surface area contributed by atoms with Crippen LogP contribution in [-0.4, -0.2) is 16.5 Å². The molecule has 0 bridgehead atoms. The van der Waals surface area contributed by atoms with E-state index in [0.29, 0.717) is 27.4 Å². The number of hydrogen-bond acceptors (Lipinski definition) is 7. The molecule has 0 atom stereocenters. The molecule has 0 amide bonds. The predicted molar refractivity (Wildman–Crippen MR) is 154 cm³/mol. The molecule has 0 saturated carbocycles. The van der Waals surface area contributed by atoms with Crippen molar-refractivity contribution >= 4 is 39.6 Å². The largest absolute Gasteiger partial charge is 0.487 e. The van der Waals surface area contributed by atoms with Gasteiger partial charge in [0.1, 0.15) is 18.5 Å². The lowest BCUT2D eigenvalue weighted by atomic mass is 10.0. The van der Waals surface area contributed by atoms with Crippen LogP contribution in [0.2, 0.25) is 5.02 Å². The molecule has 0 radical (unpaired) electrons. The first kappa shape index (κ1) is 27.5. The average molecular weight is 569 g/mol. The smallest absolute Gasteiger partial charge is 0.311 e. The van der Waals surface area contributed by atoms with Gasteiger partial charge in [-0.25, -0.2) is 9.45 Å². The third-order valence-corrected chi connectivity index (χ3v) is 6.49. The van der Waals surface area contributed by atoms with Crippen molar-refractivity contribution in [2.75, 3.05) is 11.7 Å². The van der Waals surface area contributed by atoms with Crippen molar-refractivity contribution in [3.63, 3.8) is 0 Å². The van der Waals surface area contributed by atoms with Crippen LogP contribution in [0.4, 0.5) is 21.5 Å². The van der Waals surface area contributed by atoms with Crippen molar-refractivity contribution in [2.45, 2.75) is 13.5 Å². The van der Waals surface area contributed by atoms with Gasteiger partial charge in [-0.1, -0.05) is 54.1 Å². The molecule has 0 saturated heterocycles. The van der Waals surface area contributed by atoms with Gasteiger partial charge in [-0.15, -0.1) is 0 Å². The van der Waals surface area contributed by atoms with Crippen molar-refractivity contribution in [2.24, 2.45) is 0 Å². The minimum absolute atomic E-state index is 0.0475. The maximum absolute atomic E-state index is 14.7. The molecule has 204 valence electrons. The summed E-state index contributed by atoms with van der Waals surface area (Å²) in [6.07, 6.45) is 1.36. The molecule has 0 aliphatic carbocycles. The Labute approximate surface area is 239 Å². The van der Waals surface area contributed by atoms with Crippen LogP contribution in [0.1, 0.15) is 18.1 Å². The number of nitrogens with zero attached hydrogens (tertiary/aromatic N) is 4. The maximum Gasteiger partial charge on any atom is 0.311 e. The number of benzene rings is 4. The first-order chi connectivity index (χ1) is 19.9. The van der Waals surface area contributed by atoms with E-state index in [1.165, 1.54) is 41.6 Å². The minimum atomic E-state index is -0.558. The Hall–Kier alpha value is -5.04. The Balaban J connectivity index is 1.80. The molecule has 0 N–H and O–H groups in total. The van der Waals surface area contributed by atoms with Gasteiger partial charge in [0.2, 0.25) is 0 Å². The third-order valence-electron chi connectivity index (χ3n) is 6.26. The number of nitro benzene ring substituents is 1. The molecular weight excluding hydrogens is 547 g/mol. The molecule has 0 unspecified atom stereocenters. The molecule has 5 aromatic rings. The van der Waals surface area contributed by atoms with E-state index >= 15 is 0 Å². The summed E-state index contributed by atoms with van der Waals surface area (Å²) in [5, 5.41) is 24.3. The summed E-state index contributed by atoms with van der Waals surface area (Å²) in [7, 11) is 0. The third kappa shape index (κ3) is 5.79. The van der Waals surface area contributed by atoms with Gasteiger partial charge in [0.05, 0.1) is 34.0 Å². The molecular formula is C31H22ClFN4O4. The number of fused-ring (bicyclic) bond motifs is 1. The van der Waals surface area contributed by atoms with Crippen LogP contribution in [0.3, 0.4) is 0 Å². The highest BCUT2D eigenvalue weighted by atomic mass is 35.5. The number of pyridine rings is 1. The van der Waals surface area contributed by atoms with Crippen molar-refractivity contribution in [3.8, 4) is 22.9 Å². The highest BCUT2D eigenvalue weighted by Crippen LogP contribution is 2.43. The lowest BCUT2D eigenvalue weighted by Crippen LogP contribution is -2.20. The van der Waals surface area contributed by atoms with Gasteiger partial charge in [-0.2, -0.15) is 5.26 Å². The summed E-state index contributed by atoms with van der Waals surface area (Å²) in [6.45, 7) is 2.00. The molecule has 5 rings (SSSR count). The Kier molecular flexibility index (Phi) is 8.06. The summed E-state index contributed by atoms with van der Waals surface area (Å²) in [6, 6.07) is 25.3. The summed E-state index contributed by atoms with van der Waals surface area (Å²) in [4.78, 5) is 22.2. The Morgan fingerprint density at radius 3 is 2.59 bits per heavy atom. The molecule has 1 heterocycles. The van der Waals surface area contributed by atoms with E-state index in [4.69, 9.17) is 21.2 Å². The van der Waals surface area contributed by atoms with Gasteiger partial charge < -0.3 is 4.74 Å². The average Bonchev–Trinajstić information content (AvgIpc) is 2.98. The van der Waals surface area contributed by atoms with Crippen molar-refractivity contribution in [3.05, 3.63) is 123 Å². The topological polar surface area (TPSA) is 102 Å². The molecule has 41 heavy (non-hydrogen) atoms. The number of nitriles is 1. The number of hydrogen-bond donors (Lipinski definition) is 0. The van der Waals surface area contributed by atoms with Crippen molar-refractivity contribution < 1.29 is 18.9 Å². The molecule has 8 nitrogen and oxygen atoms in total. The van der Waals surface area contributed by atoms with Crippen LogP contribution in [0.5, 0.6) is 5.75 Å². The van der Waals surface area contributed by atoms with E-state index in [1.54, 1.807) is 31.2 Å². The van der Waals surface area contributed by atoms with Crippen LogP contribution >= 0.6 is 11.6 Å². The van der Waals surface area contributed by atoms with Crippen LogP contribution in [-0.2, 0) is 11.4 Å². The maximum atomic E-state index is 14.7. The molecule has 0 aliphatic rings. The van der Waals surface area contributed by atoms with Crippen molar-refractivity contribution in [1.29, 1.82) is 5.26 Å². The summed E-state index contributed by atoms with van der Waals surface area (Å²) < 4.78 is 20.2. The Bertz CT molecular complexity index is 1790. The quantitative estimate of drug-likeness (QED) is 0.131. The van der Waals surface area contributed by atoms with E-state index in [-0.39, 0.29) is 41.3 Å². The number of anilines is 2. The molecule has 0 spiro atoms. The second kappa shape index (κ2) is 12.0. The predicted octanol–water partition coefficient (Wildman–Crippen LogP) is 8.14. The number of halogens is 2. The summed E-state index contributed by atoms with van der Waals surface area (Å²) in [5.74, 6) is -0.449. The standard InChI is InChI=1S/C31H22ClFN4O4/c1-2-40-30-16-27-26(15-29(30)37(38)39)31(22(17-34)18-35-27)36(41-19-20-7-4-3-5-8-20)28-12-11-24(33)14-25(28)21-9-6-10-23(32)13-21/h3-16,18H,2,19H2,1H3. The van der Waals surface area contributed by atoms with E-state index in [1.807, 2.05) is 30.3 Å². The van der Waals surface area contributed by atoms with Crippen LogP contribution in [0.25, 0.3) is 22.0 Å². The fourth-order valence-electron chi connectivity index (χ4n) is 4.45. The lowest BCUT2D eigenvalue weighted by molar-refractivity contribution is -0.385. The van der Waals surface area contributed by atoms with Gasteiger partial charge in [0, 0.05) is 34.3 Å². The molecule has 1 aromatic heterocycles. The second-order valence-electron chi connectivity index (χ2n) is 8.88. The first-order valence-electron chi connectivity index (χ1n) is 12.6. The highest BCUT2D eigenvalue weighted by Gasteiger charge is 2.26. The Morgan fingerprint density at radius 2 is 1.88 bits per heavy atom. The van der Waals surface area contributed by atoms with Gasteiger partial charge in [0.15, 0.2) is 5.75 Å². The monoisotopic (exact) mass is 568 g/mol. The number of ether oxygens (including phenoxy) is 1. The fourth-order valence-corrected chi connectivity index (χ4v) is 4.64. The fraction of sp³-hybridized carbons (Fsp3) is 0.0968. The first-order valence-corrected chi connectivity index (χ1v) is 12.9. The SMILES string of the molecule is CCOc1cc2ncc(C#N)c(N(OCc3ccccc3)c3ccc(F)cc3-c3cccc(Cl)c3)c2cc1[N+](=O)[O-]. The van der Waals surface area contributed by atoms with Gasteiger partial charge in [-0.05, 0) is 48.4 Å². The lowest BCUT2D eigenvalue weighted by Gasteiger charge is -2.28. The van der Waals surface area contributed by atoms with E-state index < -0.39 is 10.7 Å². The van der Waals surface area contributed by atoms with Crippen LogP contribution < -0.4 is 9.80 Å². The Morgan fingerprint density at radius 1 is 1.07 bits per heavy atom. The molecule has 10 heteroatoms. The molecule has 0 aliphatic heterocycles. The highest BCUT2D eigenvalue weighted by molar-refractivity contribution is 6.30. The van der Waals surface area contributed by atoms with E-state index in [9.17, 15) is 19.8 Å². The summed E-state index contributed by atoms with van der Waals surface area (Å²) in [5.41, 5.74) is 2.56. The van der Waals surface area contributed by atoms with Crippen LogP contribution in [0, 0.1) is 27.3 Å². The second-order valence-corrected chi connectivity index (χ2v) is 9.32. The molecule has 4 aromatic carbocycles. The van der Waals surface area contributed by atoms with Gasteiger partial charge in [-0.3, -0.25) is 19.9 Å². The zero-order chi connectivity index (χ0) is 28.9. The normalized spacial score (nSPS) is 10.8. The van der Waals surface area contributed by atoms with Crippen LogP contribution in [0.15, 0.2) is 91.1 Å². The van der Waals surface area contributed by atoms with Gasteiger partial charge in [0.25, 0.3) is 0 Å². The zero-order valence-electron chi connectivity index (χ0n) is 21.8. The van der Waals surface area contributed by atoms with Gasteiger partial charge >= 0.3 is 5.69 Å². The van der Waals surface area contributed by atoms with E-state index in [2.05, 4.69) is 11.1 Å². The number of nitro groups is 1. The van der Waals surface area contributed by atoms with Crippen molar-refractivity contribution in [1.82, 2.24) is 4.98 Å². The summed E-state index contributed by atoms with van der Waals surface area (Å²) >= 11 is 6.27. The minimum Gasteiger partial charge on any atom is -0.487 e. The molecule has 0 fully saturated rings. The number of aromatic nitrogens is 1. The number of rotatable bonds is 9. The van der Waals surface area contributed by atoms with E-state index in [0.717, 1.165) is 5.56 Å². The zero-order valence-corrected chi connectivity index (χ0v) is 22.5.